The SMILES string of the molecule is CCNC(=O)CCC(=O)[C@H](CCCCN(CC)C(C)C)NC(=O)CCC(=O)[C@H](C)NC(=O)[C@H](Cc1c(F)c(F)c(F)c(F)c1F)NC(=O)CC(C)C. The van der Waals surface area contributed by atoms with Gasteiger partial charge in [0.1, 0.15) is 6.04 Å². The largest absolute Gasteiger partial charge is 0.356 e. The van der Waals surface area contributed by atoms with Gasteiger partial charge in [0.2, 0.25) is 29.4 Å². The van der Waals surface area contributed by atoms with Gasteiger partial charge in [0.25, 0.3) is 0 Å². The maximum atomic E-state index is 14.5. The van der Waals surface area contributed by atoms with Gasteiger partial charge in [0, 0.05) is 56.7 Å². The molecule has 0 aromatic heterocycles. The Kier molecular flexibility index (Phi) is 20.3. The van der Waals surface area contributed by atoms with Gasteiger partial charge in [-0.2, -0.15) is 0 Å². The first-order valence-electron chi connectivity index (χ1n) is 17.8. The monoisotopic (exact) mass is 747 g/mol. The third kappa shape index (κ3) is 15.3. The highest BCUT2D eigenvalue weighted by Gasteiger charge is 2.32. The first kappa shape index (κ1) is 46.1. The number of hydrogen-bond donors (Lipinski definition) is 4. The summed E-state index contributed by atoms with van der Waals surface area (Å²) in [5, 5.41) is 9.79. The van der Waals surface area contributed by atoms with Crippen molar-refractivity contribution in [3.8, 4) is 0 Å². The fourth-order valence-electron chi connectivity index (χ4n) is 5.44. The number of unbranched alkanes of at least 4 members (excludes halogenated alkanes) is 1. The van der Waals surface area contributed by atoms with Gasteiger partial charge in [-0.3, -0.25) is 28.8 Å². The Morgan fingerprint density at radius 3 is 1.71 bits per heavy atom. The number of Topliss-reactive ketones (excluding diaryl/α,β-unsaturated/α-hetero) is 2. The molecule has 52 heavy (non-hydrogen) atoms. The maximum Gasteiger partial charge on any atom is 0.243 e. The van der Waals surface area contributed by atoms with E-state index in [1.807, 2.05) is 6.92 Å². The number of hydrogen-bond acceptors (Lipinski definition) is 7. The lowest BCUT2D eigenvalue weighted by Crippen LogP contribution is -2.52. The number of nitrogens with zero attached hydrogens (tertiary/aromatic N) is 1. The van der Waals surface area contributed by atoms with Crippen LogP contribution in [0.15, 0.2) is 0 Å². The average Bonchev–Trinajstić information content (AvgIpc) is 3.07. The Balaban J connectivity index is 2.97. The van der Waals surface area contributed by atoms with Gasteiger partial charge in [0.05, 0.1) is 12.1 Å². The molecule has 11 nitrogen and oxygen atoms in total. The number of ketones is 2. The van der Waals surface area contributed by atoms with Crippen LogP contribution < -0.4 is 21.3 Å². The number of amides is 4. The van der Waals surface area contributed by atoms with Crippen LogP contribution in [0.3, 0.4) is 0 Å². The molecular weight excluding hydrogens is 693 g/mol. The summed E-state index contributed by atoms with van der Waals surface area (Å²) in [7, 11) is 0. The molecule has 1 rings (SSSR count). The minimum absolute atomic E-state index is 0.0467. The second kappa shape index (κ2) is 22.9. The van der Waals surface area contributed by atoms with E-state index in [0.717, 1.165) is 19.5 Å². The molecule has 294 valence electrons. The number of benzene rings is 1. The second-order valence-corrected chi connectivity index (χ2v) is 13.4. The molecule has 0 spiro atoms. The summed E-state index contributed by atoms with van der Waals surface area (Å²) >= 11 is 0. The van der Waals surface area contributed by atoms with Gasteiger partial charge in [-0.1, -0.05) is 20.8 Å². The van der Waals surface area contributed by atoms with Crippen LogP contribution in [0.4, 0.5) is 22.0 Å². The lowest BCUT2D eigenvalue weighted by Gasteiger charge is -2.25. The van der Waals surface area contributed by atoms with E-state index in [4.69, 9.17) is 0 Å². The van der Waals surface area contributed by atoms with E-state index in [1.165, 1.54) is 6.92 Å². The zero-order valence-corrected chi connectivity index (χ0v) is 31.2. The number of nitrogens with one attached hydrogen (secondary N) is 4. The molecule has 1 aromatic rings. The second-order valence-electron chi connectivity index (χ2n) is 13.4. The summed E-state index contributed by atoms with van der Waals surface area (Å²) in [6, 6.07) is -3.67. The first-order valence-corrected chi connectivity index (χ1v) is 17.8. The predicted molar refractivity (Wildman–Crippen MR) is 184 cm³/mol. The van der Waals surface area contributed by atoms with Crippen molar-refractivity contribution in [3.63, 3.8) is 0 Å². The average molecular weight is 748 g/mol. The normalized spacial score (nSPS) is 13.1. The molecule has 0 unspecified atom stereocenters. The van der Waals surface area contributed by atoms with Crippen molar-refractivity contribution in [2.75, 3.05) is 19.6 Å². The summed E-state index contributed by atoms with van der Waals surface area (Å²) in [4.78, 5) is 78.6. The molecule has 16 heteroatoms. The molecule has 0 aliphatic heterocycles. The van der Waals surface area contributed by atoms with Gasteiger partial charge < -0.3 is 26.2 Å². The summed E-state index contributed by atoms with van der Waals surface area (Å²) in [6.45, 7) is 14.6. The van der Waals surface area contributed by atoms with E-state index in [9.17, 15) is 50.7 Å². The molecule has 3 atom stereocenters. The predicted octanol–water partition coefficient (Wildman–Crippen LogP) is 4.18. The minimum atomic E-state index is -2.38. The highest BCUT2D eigenvalue weighted by molar-refractivity contribution is 5.95. The molecule has 0 aliphatic carbocycles. The molecule has 1 aromatic carbocycles. The Hall–Kier alpha value is -3.95. The topological polar surface area (TPSA) is 154 Å². The fraction of sp³-hybridized carbons (Fsp3) is 0.667. The van der Waals surface area contributed by atoms with Crippen molar-refractivity contribution in [2.45, 2.75) is 130 Å². The van der Waals surface area contributed by atoms with Crippen molar-refractivity contribution in [2.24, 2.45) is 5.92 Å². The van der Waals surface area contributed by atoms with E-state index in [1.54, 1.807) is 20.8 Å². The summed E-state index contributed by atoms with van der Waals surface area (Å²) < 4.78 is 70.2. The quantitative estimate of drug-likeness (QED) is 0.0536. The lowest BCUT2D eigenvalue weighted by atomic mass is 10.00. The maximum absolute atomic E-state index is 14.5. The van der Waals surface area contributed by atoms with E-state index in [-0.39, 0.29) is 43.3 Å². The Morgan fingerprint density at radius 2 is 1.17 bits per heavy atom. The molecule has 0 bridgehead atoms. The first-order chi connectivity index (χ1) is 24.3. The highest BCUT2D eigenvalue weighted by Crippen LogP contribution is 2.24. The fourth-order valence-corrected chi connectivity index (χ4v) is 5.44. The van der Waals surface area contributed by atoms with E-state index < -0.39 is 89.1 Å². The highest BCUT2D eigenvalue weighted by atomic mass is 19.2. The smallest absolute Gasteiger partial charge is 0.243 e. The number of carbonyl (C=O) groups is 6. The van der Waals surface area contributed by atoms with E-state index in [2.05, 4.69) is 40.0 Å². The third-order valence-corrected chi connectivity index (χ3v) is 8.42. The number of halogens is 5. The molecule has 0 radical (unpaired) electrons. The van der Waals surface area contributed by atoms with Crippen molar-refractivity contribution in [1.29, 1.82) is 0 Å². The molecule has 0 fully saturated rings. The molecule has 4 N–H and O–H groups in total. The van der Waals surface area contributed by atoms with E-state index >= 15 is 0 Å². The van der Waals surface area contributed by atoms with Gasteiger partial charge in [0.15, 0.2) is 34.8 Å². The Labute approximate surface area is 302 Å². The van der Waals surface area contributed by atoms with Crippen molar-refractivity contribution >= 4 is 35.2 Å². The van der Waals surface area contributed by atoms with Gasteiger partial charge in [-0.15, -0.1) is 0 Å². The summed E-state index contributed by atoms with van der Waals surface area (Å²) in [5.74, 6) is -15.1. The number of rotatable bonds is 24. The number of carbonyl (C=O) groups excluding carboxylic acids is 6. The molecular formula is C36H54F5N5O6. The van der Waals surface area contributed by atoms with Gasteiger partial charge in [-0.25, -0.2) is 22.0 Å². The molecule has 4 amide bonds. The van der Waals surface area contributed by atoms with Crippen LogP contribution in [0.5, 0.6) is 0 Å². The van der Waals surface area contributed by atoms with Gasteiger partial charge >= 0.3 is 0 Å². The lowest BCUT2D eigenvalue weighted by molar-refractivity contribution is -0.132. The van der Waals surface area contributed by atoms with Crippen molar-refractivity contribution in [3.05, 3.63) is 34.6 Å². The van der Waals surface area contributed by atoms with Crippen LogP contribution in [0.2, 0.25) is 0 Å². The molecule has 0 aliphatic rings. The minimum Gasteiger partial charge on any atom is -0.356 e. The molecule has 0 heterocycles. The van der Waals surface area contributed by atoms with Crippen molar-refractivity contribution < 1.29 is 50.7 Å². The van der Waals surface area contributed by atoms with Crippen LogP contribution >= 0.6 is 0 Å². The zero-order valence-electron chi connectivity index (χ0n) is 31.2. The Morgan fingerprint density at radius 1 is 0.635 bits per heavy atom. The summed E-state index contributed by atoms with van der Waals surface area (Å²) in [6.07, 6.45) is -0.443. The van der Waals surface area contributed by atoms with Crippen LogP contribution in [-0.2, 0) is 35.2 Å². The van der Waals surface area contributed by atoms with Gasteiger partial charge in [-0.05, 0) is 66.0 Å². The molecule has 0 saturated carbocycles. The van der Waals surface area contributed by atoms with Crippen LogP contribution in [-0.4, -0.2) is 83.9 Å². The third-order valence-electron chi connectivity index (χ3n) is 8.42. The Bertz CT molecular complexity index is 1380. The van der Waals surface area contributed by atoms with Crippen LogP contribution in [0.1, 0.15) is 105 Å². The van der Waals surface area contributed by atoms with E-state index in [0.29, 0.717) is 25.4 Å². The standard InChI is InChI=1S/C36H54F5N5O6/c1-8-42-28(49)15-14-27(48)24(12-10-11-17-46(9-2)21(5)6)44-29(50)16-13-26(47)22(7)43-36(52)25(45-30(51)18-20(3)4)19-23-31(37)33(39)35(41)34(40)32(23)38/h20-22,24-25H,8-19H2,1-7H3,(H,42,49)(H,43,52)(H,44,50)(H,45,51)/t22-,24-,25-/m0/s1. The van der Waals surface area contributed by atoms with Crippen LogP contribution in [0.25, 0.3) is 0 Å². The van der Waals surface area contributed by atoms with Crippen molar-refractivity contribution in [1.82, 2.24) is 26.2 Å². The molecule has 0 saturated heterocycles. The zero-order chi connectivity index (χ0) is 39.7. The van der Waals surface area contributed by atoms with Crippen LogP contribution in [0, 0.1) is 35.0 Å². The summed E-state index contributed by atoms with van der Waals surface area (Å²) in [5.41, 5.74) is -1.32.